The summed E-state index contributed by atoms with van der Waals surface area (Å²) in [5.74, 6) is 7.87. The molecule has 0 N–H and O–H groups in total. The molecule has 0 bridgehead atoms. The summed E-state index contributed by atoms with van der Waals surface area (Å²) in [5, 5.41) is 0. The number of alkyl halides is 1. The van der Waals surface area contributed by atoms with Gasteiger partial charge >= 0.3 is 0 Å². The predicted molar refractivity (Wildman–Crippen MR) is 86.1 cm³/mol. The van der Waals surface area contributed by atoms with E-state index in [2.05, 4.69) is 11.8 Å². The van der Waals surface area contributed by atoms with Gasteiger partial charge in [-0.15, -0.1) is 11.6 Å². The van der Waals surface area contributed by atoms with Crippen molar-refractivity contribution in [3.8, 4) is 23.3 Å². The van der Waals surface area contributed by atoms with E-state index in [9.17, 15) is 0 Å². The zero-order valence-corrected chi connectivity index (χ0v) is 12.9. The van der Waals surface area contributed by atoms with Crippen molar-refractivity contribution in [2.75, 3.05) is 13.0 Å². The normalized spacial score (nSPS) is 9.67. The number of methoxy groups -OCH3 is 1. The minimum absolute atomic E-state index is 0.340. The molecule has 0 atom stereocenters. The van der Waals surface area contributed by atoms with E-state index in [1.54, 1.807) is 7.11 Å². The SMILES string of the molecule is COc1cccc(COc2ccc(C#CCCl)cc2C)c1. The Labute approximate surface area is 130 Å². The third-order valence-corrected chi connectivity index (χ3v) is 3.14. The standard InChI is InChI=1S/C18H17ClO2/c1-14-11-15(6-4-10-19)8-9-18(14)21-13-16-5-3-7-17(12-16)20-2/h3,5,7-9,11-12H,10,13H2,1-2H3. The first-order valence-corrected chi connectivity index (χ1v) is 7.17. The van der Waals surface area contributed by atoms with E-state index in [1.807, 2.05) is 49.4 Å². The molecule has 3 heteroatoms. The molecule has 2 rings (SSSR count). The fraction of sp³-hybridized carbons (Fsp3) is 0.222. The van der Waals surface area contributed by atoms with Crippen molar-refractivity contribution in [1.82, 2.24) is 0 Å². The van der Waals surface area contributed by atoms with Crippen LogP contribution in [0.15, 0.2) is 42.5 Å². The topological polar surface area (TPSA) is 18.5 Å². The van der Waals surface area contributed by atoms with Crippen LogP contribution in [0.3, 0.4) is 0 Å². The van der Waals surface area contributed by atoms with Gasteiger partial charge in [0.25, 0.3) is 0 Å². The summed E-state index contributed by atoms with van der Waals surface area (Å²) in [6.07, 6.45) is 0. The molecule has 0 amide bonds. The van der Waals surface area contributed by atoms with Crippen molar-refractivity contribution >= 4 is 11.6 Å². The Bertz CT molecular complexity index is 668. The number of rotatable bonds is 4. The van der Waals surface area contributed by atoms with Crippen LogP contribution in [-0.4, -0.2) is 13.0 Å². The van der Waals surface area contributed by atoms with Gasteiger partial charge in [-0.3, -0.25) is 0 Å². The lowest BCUT2D eigenvalue weighted by molar-refractivity contribution is 0.303. The van der Waals surface area contributed by atoms with Gasteiger partial charge in [-0.25, -0.2) is 0 Å². The van der Waals surface area contributed by atoms with E-state index < -0.39 is 0 Å². The van der Waals surface area contributed by atoms with Crippen LogP contribution in [-0.2, 0) is 6.61 Å². The minimum atomic E-state index is 0.340. The van der Waals surface area contributed by atoms with E-state index in [0.29, 0.717) is 12.5 Å². The molecule has 108 valence electrons. The Kier molecular flexibility index (Phi) is 5.54. The van der Waals surface area contributed by atoms with Crippen LogP contribution < -0.4 is 9.47 Å². The zero-order chi connectivity index (χ0) is 15.1. The van der Waals surface area contributed by atoms with E-state index in [4.69, 9.17) is 21.1 Å². The van der Waals surface area contributed by atoms with E-state index in [1.165, 1.54) is 0 Å². The van der Waals surface area contributed by atoms with Crippen molar-refractivity contribution in [2.24, 2.45) is 0 Å². The Morgan fingerprint density at radius 2 is 2.00 bits per heavy atom. The summed E-state index contributed by atoms with van der Waals surface area (Å²) in [6, 6.07) is 13.7. The summed E-state index contributed by atoms with van der Waals surface area (Å²) >= 11 is 5.56. The van der Waals surface area contributed by atoms with E-state index in [-0.39, 0.29) is 0 Å². The van der Waals surface area contributed by atoms with Crippen LogP contribution in [0.2, 0.25) is 0 Å². The van der Waals surface area contributed by atoms with Gasteiger partial charge in [0.05, 0.1) is 13.0 Å². The van der Waals surface area contributed by atoms with Gasteiger partial charge in [0.2, 0.25) is 0 Å². The fourth-order valence-corrected chi connectivity index (χ4v) is 2.01. The Balaban J connectivity index is 2.06. The summed E-state index contributed by atoms with van der Waals surface area (Å²) in [5.41, 5.74) is 3.07. The molecule has 0 aliphatic rings. The van der Waals surface area contributed by atoms with Crippen molar-refractivity contribution < 1.29 is 9.47 Å². The first kappa shape index (κ1) is 15.3. The molecule has 2 aromatic carbocycles. The number of hydrogen-bond acceptors (Lipinski definition) is 2. The van der Waals surface area contributed by atoms with Gasteiger partial charge < -0.3 is 9.47 Å². The number of ether oxygens (including phenoxy) is 2. The van der Waals surface area contributed by atoms with Gasteiger partial charge in [-0.05, 0) is 48.4 Å². The van der Waals surface area contributed by atoms with Crippen molar-refractivity contribution in [1.29, 1.82) is 0 Å². The van der Waals surface area contributed by atoms with Gasteiger partial charge in [0, 0.05) is 5.56 Å². The molecule has 0 aliphatic heterocycles. The van der Waals surface area contributed by atoms with Crippen molar-refractivity contribution in [2.45, 2.75) is 13.5 Å². The van der Waals surface area contributed by atoms with Crippen LogP contribution >= 0.6 is 11.6 Å². The second-order valence-electron chi connectivity index (χ2n) is 4.56. The largest absolute Gasteiger partial charge is 0.497 e. The second kappa shape index (κ2) is 7.61. The molecule has 2 nitrogen and oxygen atoms in total. The lowest BCUT2D eigenvalue weighted by atomic mass is 10.1. The van der Waals surface area contributed by atoms with Crippen LogP contribution in [0.4, 0.5) is 0 Å². The van der Waals surface area contributed by atoms with E-state index in [0.717, 1.165) is 28.2 Å². The third-order valence-electron chi connectivity index (χ3n) is 3.00. The third kappa shape index (κ3) is 4.44. The average molecular weight is 301 g/mol. The Morgan fingerprint density at radius 1 is 1.14 bits per heavy atom. The highest BCUT2D eigenvalue weighted by atomic mass is 35.5. The minimum Gasteiger partial charge on any atom is -0.497 e. The zero-order valence-electron chi connectivity index (χ0n) is 12.2. The molecular formula is C18H17ClO2. The quantitative estimate of drug-likeness (QED) is 0.623. The number of benzene rings is 2. The molecule has 0 fully saturated rings. The molecule has 0 unspecified atom stereocenters. The lowest BCUT2D eigenvalue weighted by Crippen LogP contribution is -1.97. The molecule has 2 aromatic rings. The monoisotopic (exact) mass is 300 g/mol. The fourth-order valence-electron chi connectivity index (χ4n) is 1.95. The predicted octanol–water partition coefficient (Wildman–Crippen LogP) is 4.17. The highest BCUT2D eigenvalue weighted by molar-refractivity contribution is 6.19. The average Bonchev–Trinajstić information content (AvgIpc) is 2.52. The number of aryl methyl sites for hydroxylation is 1. The van der Waals surface area contributed by atoms with Crippen molar-refractivity contribution in [3.05, 3.63) is 59.2 Å². The maximum Gasteiger partial charge on any atom is 0.122 e. The first-order chi connectivity index (χ1) is 10.2. The summed E-state index contributed by atoms with van der Waals surface area (Å²) in [6.45, 7) is 2.51. The molecule has 0 heterocycles. The van der Waals surface area contributed by atoms with E-state index >= 15 is 0 Å². The highest BCUT2D eigenvalue weighted by Crippen LogP contribution is 2.21. The van der Waals surface area contributed by atoms with Gasteiger partial charge in [0.1, 0.15) is 18.1 Å². The molecule has 0 spiro atoms. The summed E-state index contributed by atoms with van der Waals surface area (Å²) in [7, 11) is 1.66. The smallest absolute Gasteiger partial charge is 0.122 e. The van der Waals surface area contributed by atoms with Crippen molar-refractivity contribution in [3.63, 3.8) is 0 Å². The molecule has 21 heavy (non-hydrogen) atoms. The molecular weight excluding hydrogens is 284 g/mol. The highest BCUT2D eigenvalue weighted by Gasteiger charge is 2.02. The Hall–Kier alpha value is -2.11. The Morgan fingerprint density at radius 3 is 2.71 bits per heavy atom. The second-order valence-corrected chi connectivity index (χ2v) is 4.82. The molecule has 0 saturated heterocycles. The van der Waals surface area contributed by atoms with Gasteiger partial charge in [-0.2, -0.15) is 0 Å². The summed E-state index contributed by atoms with van der Waals surface area (Å²) < 4.78 is 11.1. The van der Waals surface area contributed by atoms with Crippen LogP contribution in [0.1, 0.15) is 16.7 Å². The summed E-state index contributed by atoms with van der Waals surface area (Å²) in [4.78, 5) is 0. The maximum absolute atomic E-state index is 5.85. The molecule has 0 saturated carbocycles. The molecule has 0 aliphatic carbocycles. The molecule has 0 radical (unpaired) electrons. The first-order valence-electron chi connectivity index (χ1n) is 6.64. The van der Waals surface area contributed by atoms with Crippen LogP contribution in [0.25, 0.3) is 0 Å². The van der Waals surface area contributed by atoms with Gasteiger partial charge in [-0.1, -0.05) is 24.0 Å². The van der Waals surface area contributed by atoms with Gasteiger partial charge in [0.15, 0.2) is 0 Å². The number of halogens is 1. The van der Waals surface area contributed by atoms with Crippen LogP contribution in [0, 0.1) is 18.8 Å². The lowest BCUT2D eigenvalue weighted by Gasteiger charge is -2.10. The number of hydrogen-bond donors (Lipinski definition) is 0. The molecule has 0 aromatic heterocycles. The van der Waals surface area contributed by atoms with Crippen LogP contribution in [0.5, 0.6) is 11.5 Å². The maximum atomic E-state index is 5.85.